The third-order valence-corrected chi connectivity index (χ3v) is 8.99. The lowest BCUT2D eigenvalue weighted by Gasteiger charge is -2.34. The molecule has 1 fully saturated rings. The van der Waals surface area contributed by atoms with E-state index in [1.807, 2.05) is 42.6 Å². The van der Waals surface area contributed by atoms with Gasteiger partial charge in [-0.2, -0.15) is 4.98 Å². The molecule has 0 aliphatic carbocycles. The molecule has 1 aliphatic rings. The fraction of sp³-hybridized carbons (Fsp3) is 0.269. The maximum absolute atomic E-state index is 13.6. The number of rotatable bonds is 8. The Kier molecular flexibility index (Phi) is 7.45. The Balaban J connectivity index is 1.51. The molecule has 1 N–H and O–H groups in total. The van der Waals surface area contributed by atoms with Crippen LogP contribution in [0.1, 0.15) is 16.5 Å². The van der Waals surface area contributed by atoms with Gasteiger partial charge in [-0.15, -0.1) is 11.3 Å². The molecule has 0 bridgehead atoms. The smallest absolute Gasteiger partial charge is 0.233 e. The van der Waals surface area contributed by atoms with Crippen LogP contribution in [0.4, 0.5) is 5.88 Å². The van der Waals surface area contributed by atoms with Crippen LogP contribution in [0.25, 0.3) is 11.5 Å². The van der Waals surface area contributed by atoms with Crippen molar-refractivity contribution in [1.29, 1.82) is 0 Å². The number of benzene rings is 2. The lowest BCUT2D eigenvalue weighted by molar-refractivity contribution is 0.0193. The van der Waals surface area contributed by atoms with E-state index in [0.29, 0.717) is 30.3 Å². The molecule has 0 spiro atoms. The molecule has 3 heterocycles. The second-order valence-corrected chi connectivity index (χ2v) is 11.8. The van der Waals surface area contributed by atoms with E-state index in [1.165, 1.54) is 17.0 Å². The molecule has 5 rings (SSSR count). The van der Waals surface area contributed by atoms with Crippen LogP contribution in [0.3, 0.4) is 0 Å². The predicted molar refractivity (Wildman–Crippen MR) is 142 cm³/mol. The van der Waals surface area contributed by atoms with Gasteiger partial charge < -0.3 is 14.5 Å². The first kappa shape index (κ1) is 25.0. The number of ether oxygens (including phenoxy) is 1. The van der Waals surface area contributed by atoms with Gasteiger partial charge in [0.05, 0.1) is 24.2 Å². The highest BCUT2D eigenvalue weighted by molar-refractivity contribution is 7.91. The van der Waals surface area contributed by atoms with Crippen molar-refractivity contribution in [1.82, 2.24) is 9.88 Å². The number of sulfone groups is 1. The van der Waals surface area contributed by atoms with Gasteiger partial charge in [0.25, 0.3) is 0 Å². The Morgan fingerprint density at radius 3 is 2.47 bits per heavy atom. The van der Waals surface area contributed by atoms with E-state index in [0.717, 1.165) is 18.7 Å². The molecule has 0 amide bonds. The zero-order valence-corrected chi connectivity index (χ0v) is 22.1. The second-order valence-electron chi connectivity index (χ2n) is 8.54. The molecular formula is C26H26ClN3O4S2. The zero-order valence-electron chi connectivity index (χ0n) is 19.7. The molecule has 2 aromatic carbocycles. The summed E-state index contributed by atoms with van der Waals surface area (Å²) in [5.74, 6) is 0.361. The first-order valence-corrected chi connectivity index (χ1v) is 14.3. The van der Waals surface area contributed by atoms with Crippen LogP contribution in [0.2, 0.25) is 5.02 Å². The predicted octanol–water partition coefficient (Wildman–Crippen LogP) is 5.68. The van der Waals surface area contributed by atoms with Gasteiger partial charge in [0.1, 0.15) is 0 Å². The number of aryl methyl sites for hydroxylation is 1. The molecule has 0 saturated carbocycles. The van der Waals surface area contributed by atoms with Crippen LogP contribution in [-0.4, -0.2) is 51.1 Å². The summed E-state index contributed by atoms with van der Waals surface area (Å²) in [6.45, 7) is 5.36. The molecule has 1 atom stereocenters. The van der Waals surface area contributed by atoms with Crippen LogP contribution in [0.5, 0.6) is 0 Å². The lowest BCUT2D eigenvalue weighted by atomic mass is 10.1. The largest absolute Gasteiger partial charge is 0.419 e. The molecule has 1 aliphatic heterocycles. The van der Waals surface area contributed by atoms with E-state index in [4.69, 9.17) is 20.8 Å². The van der Waals surface area contributed by atoms with Crippen LogP contribution >= 0.6 is 22.9 Å². The van der Waals surface area contributed by atoms with Gasteiger partial charge in [-0.1, -0.05) is 35.4 Å². The van der Waals surface area contributed by atoms with Gasteiger partial charge >= 0.3 is 0 Å². The Hall–Kier alpha value is -2.69. The quantitative estimate of drug-likeness (QED) is 0.306. The van der Waals surface area contributed by atoms with Crippen LogP contribution in [-0.2, 0) is 14.6 Å². The number of morpholine rings is 1. The number of halogens is 1. The van der Waals surface area contributed by atoms with E-state index < -0.39 is 9.84 Å². The highest BCUT2D eigenvalue weighted by Crippen LogP contribution is 2.34. The van der Waals surface area contributed by atoms with E-state index in [1.54, 1.807) is 23.5 Å². The maximum atomic E-state index is 13.6. The van der Waals surface area contributed by atoms with E-state index in [-0.39, 0.29) is 27.7 Å². The van der Waals surface area contributed by atoms with E-state index >= 15 is 0 Å². The standard InChI is InChI=1S/C26H26ClN3O4S2/c1-18-4-6-19(7-5-18)24-29-26(36(31,32)21-10-8-20(27)9-11-21)25(34-24)28-17-22(23-3-2-16-35-23)30-12-14-33-15-13-30/h2-11,16,22,28H,12-15,17H2,1H3. The van der Waals surface area contributed by atoms with E-state index in [2.05, 4.69) is 21.3 Å². The number of hydrogen-bond donors (Lipinski definition) is 1. The number of hydrogen-bond acceptors (Lipinski definition) is 8. The first-order chi connectivity index (χ1) is 17.4. The summed E-state index contributed by atoms with van der Waals surface area (Å²) in [7, 11) is -3.97. The van der Waals surface area contributed by atoms with Crippen molar-refractivity contribution in [3.63, 3.8) is 0 Å². The summed E-state index contributed by atoms with van der Waals surface area (Å²) in [5.41, 5.74) is 1.78. The summed E-state index contributed by atoms with van der Waals surface area (Å²) in [6, 6.07) is 17.8. The van der Waals surface area contributed by atoms with Crippen molar-refractivity contribution in [3.05, 3.63) is 81.5 Å². The van der Waals surface area contributed by atoms with E-state index in [9.17, 15) is 8.42 Å². The topological polar surface area (TPSA) is 84.7 Å². The van der Waals surface area contributed by atoms with Crippen LogP contribution in [0.15, 0.2) is 80.4 Å². The zero-order chi connectivity index (χ0) is 25.1. The highest BCUT2D eigenvalue weighted by Gasteiger charge is 2.30. The fourth-order valence-corrected chi connectivity index (χ4v) is 6.38. The summed E-state index contributed by atoms with van der Waals surface area (Å²) in [4.78, 5) is 8.08. The molecule has 10 heteroatoms. The second kappa shape index (κ2) is 10.7. The monoisotopic (exact) mass is 543 g/mol. The summed E-state index contributed by atoms with van der Waals surface area (Å²) in [5, 5.41) is 5.63. The average molecular weight is 544 g/mol. The SMILES string of the molecule is Cc1ccc(-c2nc(S(=O)(=O)c3ccc(Cl)cc3)c(NCC(c3cccs3)N3CCOCC3)o2)cc1. The fourth-order valence-electron chi connectivity index (χ4n) is 4.11. The molecule has 4 aromatic rings. The van der Waals surface area contributed by atoms with Gasteiger partial charge in [-0.3, -0.25) is 4.90 Å². The maximum Gasteiger partial charge on any atom is 0.233 e. The molecule has 188 valence electrons. The number of oxazole rings is 1. The molecular weight excluding hydrogens is 518 g/mol. The Labute approximate surface area is 219 Å². The van der Waals surface area contributed by atoms with Crippen molar-refractivity contribution in [3.8, 4) is 11.5 Å². The molecule has 1 unspecified atom stereocenters. The van der Waals surface area contributed by atoms with Crippen LogP contribution < -0.4 is 5.32 Å². The van der Waals surface area contributed by atoms with Crippen molar-refractivity contribution in [2.45, 2.75) is 22.9 Å². The molecule has 1 saturated heterocycles. The molecule has 2 aromatic heterocycles. The summed E-state index contributed by atoms with van der Waals surface area (Å²) in [6.07, 6.45) is 0. The highest BCUT2D eigenvalue weighted by atomic mass is 35.5. The Bertz CT molecular complexity index is 1400. The van der Waals surface area contributed by atoms with Crippen molar-refractivity contribution >= 4 is 38.7 Å². The number of nitrogens with zero attached hydrogens (tertiary/aromatic N) is 2. The minimum absolute atomic E-state index is 0.0351. The minimum Gasteiger partial charge on any atom is -0.419 e. The molecule has 7 nitrogen and oxygen atoms in total. The third kappa shape index (κ3) is 5.35. The normalized spacial score (nSPS) is 15.6. The van der Waals surface area contributed by atoms with Gasteiger partial charge in [0.2, 0.25) is 26.6 Å². The van der Waals surface area contributed by atoms with Crippen molar-refractivity contribution in [2.75, 3.05) is 38.2 Å². The molecule has 36 heavy (non-hydrogen) atoms. The third-order valence-electron chi connectivity index (χ3n) is 6.09. The van der Waals surface area contributed by atoms with Crippen molar-refractivity contribution in [2.24, 2.45) is 0 Å². The minimum atomic E-state index is -3.97. The number of aromatic nitrogens is 1. The van der Waals surface area contributed by atoms with Gasteiger partial charge in [-0.25, -0.2) is 8.42 Å². The number of nitrogens with one attached hydrogen (secondary N) is 1. The van der Waals surface area contributed by atoms with Crippen molar-refractivity contribution < 1.29 is 17.6 Å². The molecule has 0 radical (unpaired) electrons. The Morgan fingerprint density at radius 1 is 1.08 bits per heavy atom. The van der Waals surface area contributed by atoms with Crippen LogP contribution in [0, 0.1) is 6.92 Å². The van der Waals surface area contributed by atoms with Gasteiger partial charge in [0.15, 0.2) is 0 Å². The van der Waals surface area contributed by atoms with Gasteiger partial charge in [-0.05, 0) is 54.8 Å². The number of anilines is 1. The first-order valence-electron chi connectivity index (χ1n) is 11.6. The number of thiophene rings is 1. The summed E-state index contributed by atoms with van der Waals surface area (Å²) >= 11 is 7.66. The Morgan fingerprint density at radius 2 is 1.81 bits per heavy atom. The lowest BCUT2D eigenvalue weighted by Crippen LogP contribution is -2.41. The summed E-state index contributed by atoms with van der Waals surface area (Å²) < 4.78 is 38.8. The average Bonchev–Trinajstić information content (AvgIpc) is 3.57. The van der Waals surface area contributed by atoms with Gasteiger partial charge in [0, 0.05) is 35.1 Å².